The first kappa shape index (κ1) is 19.0. The van der Waals surface area contributed by atoms with E-state index in [1.807, 2.05) is 41.0 Å². The summed E-state index contributed by atoms with van der Waals surface area (Å²) in [6.45, 7) is 0.360. The predicted molar refractivity (Wildman–Crippen MR) is 114 cm³/mol. The predicted octanol–water partition coefficient (Wildman–Crippen LogP) is 4.43. The number of halogens is 1. The number of para-hydroxylation sites is 2. The molecule has 0 atom stereocenters. The summed E-state index contributed by atoms with van der Waals surface area (Å²) in [6.07, 6.45) is 0. The molecule has 0 saturated heterocycles. The zero-order valence-corrected chi connectivity index (χ0v) is 16.3. The van der Waals surface area contributed by atoms with Crippen LogP contribution in [0.2, 0.25) is 5.02 Å². The lowest BCUT2D eigenvalue weighted by Gasteiger charge is -2.14. The van der Waals surface area contributed by atoms with Gasteiger partial charge in [-0.05, 0) is 48.5 Å². The van der Waals surface area contributed by atoms with Crippen molar-refractivity contribution in [2.45, 2.75) is 6.54 Å². The molecule has 1 heterocycles. The van der Waals surface area contributed by atoms with Crippen molar-refractivity contribution in [1.82, 2.24) is 4.57 Å². The Balaban J connectivity index is 1.49. The Morgan fingerprint density at radius 2 is 1.41 bits per heavy atom. The Labute approximate surface area is 172 Å². The van der Waals surface area contributed by atoms with Crippen LogP contribution in [0.4, 0.5) is 0 Å². The minimum absolute atomic E-state index is 0.00223. The van der Waals surface area contributed by atoms with Gasteiger partial charge in [0.2, 0.25) is 0 Å². The van der Waals surface area contributed by atoms with Crippen molar-refractivity contribution in [3.8, 4) is 5.75 Å². The van der Waals surface area contributed by atoms with Crippen molar-refractivity contribution in [1.29, 1.82) is 0 Å². The van der Waals surface area contributed by atoms with E-state index in [1.165, 1.54) is 0 Å². The van der Waals surface area contributed by atoms with E-state index in [0.717, 1.165) is 0 Å². The number of carbonyl (C=O) groups is 1. The molecule has 146 valence electrons. The van der Waals surface area contributed by atoms with Gasteiger partial charge in [-0.2, -0.15) is 0 Å². The van der Waals surface area contributed by atoms with Crippen molar-refractivity contribution in [2.24, 2.45) is 0 Å². The molecule has 0 fully saturated rings. The minimum Gasteiger partial charge on any atom is -0.490 e. The van der Waals surface area contributed by atoms with Crippen LogP contribution >= 0.6 is 11.6 Å². The van der Waals surface area contributed by atoms with Gasteiger partial charge in [0, 0.05) is 15.8 Å². The Morgan fingerprint density at radius 3 is 2.03 bits per heavy atom. The molecule has 5 nitrogen and oxygen atoms in total. The number of benzene rings is 3. The van der Waals surface area contributed by atoms with Crippen LogP contribution in [-0.4, -0.2) is 23.8 Å². The van der Waals surface area contributed by atoms with Crippen LogP contribution in [0.1, 0.15) is 0 Å². The van der Waals surface area contributed by atoms with Crippen molar-refractivity contribution in [3.05, 3.63) is 88.0 Å². The summed E-state index contributed by atoms with van der Waals surface area (Å²) in [5.41, 5.74) is 1.35. The molecule has 0 N–H and O–H groups in total. The molecule has 0 saturated carbocycles. The third-order valence-corrected chi connectivity index (χ3v) is 4.85. The Bertz CT molecular complexity index is 1170. The first-order valence-corrected chi connectivity index (χ1v) is 9.55. The first-order chi connectivity index (χ1) is 14.1. The van der Waals surface area contributed by atoms with Crippen LogP contribution in [0.25, 0.3) is 21.8 Å². The molecule has 0 radical (unpaired) electrons. The molecule has 0 unspecified atom stereocenters. The first-order valence-electron chi connectivity index (χ1n) is 9.18. The van der Waals surface area contributed by atoms with E-state index in [9.17, 15) is 9.59 Å². The second kappa shape index (κ2) is 8.37. The van der Waals surface area contributed by atoms with Gasteiger partial charge < -0.3 is 14.0 Å². The molecular formula is C23H18ClNO4. The summed E-state index contributed by atoms with van der Waals surface area (Å²) in [5.74, 6) is 0.256. The van der Waals surface area contributed by atoms with Gasteiger partial charge in [-0.25, -0.2) is 0 Å². The summed E-state index contributed by atoms with van der Waals surface area (Å²) in [6, 6.07) is 21.5. The Hall–Kier alpha value is -3.31. The van der Waals surface area contributed by atoms with E-state index in [4.69, 9.17) is 21.1 Å². The van der Waals surface area contributed by atoms with Crippen molar-refractivity contribution in [2.75, 3.05) is 13.2 Å². The number of fused-ring (bicyclic) bond motifs is 2. The maximum absolute atomic E-state index is 12.7. The molecule has 6 heteroatoms. The van der Waals surface area contributed by atoms with E-state index < -0.39 is 5.97 Å². The maximum atomic E-state index is 12.7. The van der Waals surface area contributed by atoms with E-state index in [2.05, 4.69) is 0 Å². The fraction of sp³-hybridized carbons (Fsp3) is 0.130. The number of esters is 1. The number of pyridine rings is 1. The zero-order chi connectivity index (χ0) is 20.2. The molecule has 4 rings (SSSR count). The fourth-order valence-electron chi connectivity index (χ4n) is 3.27. The second-order valence-electron chi connectivity index (χ2n) is 6.47. The number of carbonyl (C=O) groups excluding carboxylic acids is 1. The normalized spacial score (nSPS) is 10.9. The van der Waals surface area contributed by atoms with E-state index in [-0.39, 0.29) is 25.2 Å². The summed E-state index contributed by atoms with van der Waals surface area (Å²) in [7, 11) is 0. The van der Waals surface area contributed by atoms with Gasteiger partial charge in [-0.1, -0.05) is 35.9 Å². The highest BCUT2D eigenvalue weighted by Crippen LogP contribution is 2.19. The molecule has 0 aliphatic rings. The fourth-order valence-corrected chi connectivity index (χ4v) is 3.39. The second-order valence-corrected chi connectivity index (χ2v) is 6.91. The molecule has 0 bridgehead atoms. The molecule has 0 spiro atoms. The molecule has 4 aromatic rings. The standard InChI is InChI=1S/C23H18ClNO4/c24-16-9-11-17(12-10-16)28-13-14-29-22(26)15-25-20-7-3-1-5-18(20)23(27)19-6-2-4-8-21(19)25/h1-12H,13-15H2. The monoisotopic (exact) mass is 407 g/mol. The molecule has 1 aromatic heterocycles. The van der Waals surface area contributed by atoms with Gasteiger partial charge >= 0.3 is 5.97 Å². The van der Waals surface area contributed by atoms with Gasteiger partial charge in [0.1, 0.15) is 25.5 Å². The maximum Gasteiger partial charge on any atom is 0.326 e. The summed E-state index contributed by atoms with van der Waals surface area (Å²) in [5, 5.41) is 1.78. The number of ether oxygens (including phenoxy) is 2. The highest BCUT2D eigenvalue weighted by molar-refractivity contribution is 6.30. The van der Waals surface area contributed by atoms with Gasteiger partial charge in [0.25, 0.3) is 0 Å². The van der Waals surface area contributed by atoms with Crippen LogP contribution in [0.15, 0.2) is 77.6 Å². The molecule has 0 aliphatic heterocycles. The Morgan fingerprint density at radius 1 is 0.828 bits per heavy atom. The zero-order valence-electron chi connectivity index (χ0n) is 15.5. The van der Waals surface area contributed by atoms with E-state index in [0.29, 0.717) is 32.6 Å². The van der Waals surface area contributed by atoms with E-state index >= 15 is 0 Å². The average Bonchev–Trinajstić information content (AvgIpc) is 2.75. The Kier molecular flexibility index (Phi) is 5.49. The van der Waals surface area contributed by atoms with Gasteiger partial charge in [-0.3, -0.25) is 9.59 Å². The van der Waals surface area contributed by atoms with Gasteiger partial charge in [0.05, 0.1) is 11.0 Å². The molecule has 29 heavy (non-hydrogen) atoms. The number of hydrogen-bond donors (Lipinski definition) is 0. The largest absolute Gasteiger partial charge is 0.490 e. The molecule has 0 amide bonds. The molecular weight excluding hydrogens is 390 g/mol. The van der Waals surface area contributed by atoms with Crippen LogP contribution in [0.3, 0.4) is 0 Å². The van der Waals surface area contributed by atoms with E-state index in [1.54, 1.807) is 36.4 Å². The number of nitrogens with zero attached hydrogens (tertiary/aromatic N) is 1. The smallest absolute Gasteiger partial charge is 0.326 e. The minimum atomic E-state index is -0.399. The lowest BCUT2D eigenvalue weighted by Crippen LogP contribution is -2.20. The van der Waals surface area contributed by atoms with Crippen molar-refractivity contribution < 1.29 is 14.3 Å². The third-order valence-electron chi connectivity index (χ3n) is 4.59. The van der Waals surface area contributed by atoms with Crippen LogP contribution < -0.4 is 10.2 Å². The highest BCUT2D eigenvalue weighted by atomic mass is 35.5. The molecule has 0 aliphatic carbocycles. The van der Waals surface area contributed by atoms with Crippen molar-refractivity contribution >= 4 is 39.4 Å². The van der Waals surface area contributed by atoms with Gasteiger partial charge in [-0.15, -0.1) is 0 Å². The number of rotatable bonds is 6. The number of aromatic nitrogens is 1. The van der Waals surface area contributed by atoms with Crippen LogP contribution in [-0.2, 0) is 16.1 Å². The van der Waals surface area contributed by atoms with Crippen LogP contribution in [0, 0.1) is 0 Å². The summed E-state index contributed by atoms with van der Waals surface area (Å²) in [4.78, 5) is 25.2. The van der Waals surface area contributed by atoms with Crippen LogP contribution in [0.5, 0.6) is 5.75 Å². The lowest BCUT2D eigenvalue weighted by atomic mass is 10.1. The van der Waals surface area contributed by atoms with Gasteiger partial charge in [0.15, 0.2) is 5.43 Å². The van der Waals surface area contributed by atoms with Crippen molar-refractivity contribution in [3.63, 3.8) is 0 Å². The SMILES string of the molecule is O=C(Cn1c2ccccc2c(=O)c2ccccc21)OCCOc1ccc(Cl)cc1. The average molecular weight is 408 g/mol. The molecule has 3 aromatic carbocycles. The summed E-state index contributed by atoms with van der Waals surface area (Å²) >= 11 is 5.84. The quantitative estimate of drug-likeness (QED) is 0.269. The topological polar surface area (TPSA) is 57.5 Å². The highest BCUT2D eigenvalue weighted by Gasteiger charge is 2.13. The lowest BCUT2D eigenvalue weighted by molar-refractivity contribution is -0.144. The summed E-state index contributed by atoms with van der Waals surface area (Å²) < 4.78 is 12.7. The third kappa shape index (κ3) is 4.10. The number of hydrogen-bond acceptors (Lipinski definition) is 4.